The molecule has 2 aromatic rings. The molecule has 1 heterocycles. The van der Waals surface area contributed by atoms with Crippen molar-refractivity contribution in [2.75, 3.05) is 39.3 Å². The Kier molecular flexibility index (Phi) is 6.58. The average molecular weight is 380 g/mol. The summed E-state index contributed by atoms with van der Waals surface area (Å²) in [5.41, 5.74) is 0.817. The van der Waals surface area contributed by atoms with Crippen LogP contribution < -0.4 is 9.47 Å². The molecule has 1 fully saturated rings. The summed E-state index contributed by atoms with van der Waals surface area (Å²) < 4.78 is 46.7. The standard InChI is InChI=1S/C20H23F3N2O2/c21-20(22,23)27-19-8-4-5-17(15-19)16-25-11-9-24(10-12-25)13-14-26-18-6-2-1-3-7-18/h1-8,15H,9-14,16H2. The third-order valence-corrected chi connectivity index (χ3v) is 4.42. The van der Waals surface area contributed by atoms with E-state index in [1.54, 1.807) is 6.07 Å². The monoisotopic (exact) mass is 380 g/mol. The summed E-state index contributed by atoms with van der Waals surface area (Å²) in [6.45, 7) is 5.68. The van der Waals surface area contributed by atoms with E-state index in [2.05, 4.69) is 14.5 Å². The van der Waals surface area contributed by atoms with Gasteiger partial charge in [-0.15, -0.1) is 13.2 Å². The Morgan fingerprint density at radius 2 is 1.48 bits per heavy atom. The molecule has 0 radical (unpaired) electrons. The van der Waals surface area contributed by atoms with Crippen molar-refractivity contribution in [3.8, 4) is 11.5 Å². The van der Waals surface area contributed by atoms with Crippen LogP contribution in [0.25, 0.3) is 0 Å². The molecular weight excluding hydrogens is 357 g/mol. The molecule has 0 saturated carbocycles. The first-order chi connectivity index (χ1) is 13.0. The van der Waals surface area contributed by atoms with Crippen LogP contribution in [0.5, 0.6) is 11.5 Å². The van der Waals surface area contributed by atoms with E-state index in [1.807, 2.05) is 36.4 Å². The molecule has 4 nitrogen and oxygen atoms in total. The van der Waals surface area contributed by atoms with Crippen LogP contribution >= 0.6 is 0 Å². The van der Waals surface area contributed by atoms with Crippen LogP contribution in [-0.4, -0.2) is 55.5 Å². The Labute approximate surface area is 157 Å². The quantitative estimate of drug-likeness (QED) is 0.730. The van der Waals surface area contributed by atoms with Crippen molar-refractivity contribution in [3.63, 3.8) is 0 Å². The van der Waals surface area contributed by atoms with Gasteiger partial charge in [0.05, 0.1) is 0 Å². The minimum Gasteiger partial charge on any atom is -0.492 e. The minimum atomic E-state index is -4.66. The van der Waals surface area contributed by atoms with E-state index in [4.69, 9.17) is 4.74 Å². The maximum absolute atomic E-state index is 12.3. The molecule has 0 bridgehead atoms. The van der Waals surface area contributed by atoms with Crippen molar-refractivity contribution in [1.82, 2.24) is 9.80 Å². The zero-order valence-electron chi connectivity index (χ0n) is 15.0. The molecule has 0 amide bonds. The third-order valence-electron chi connectivity index (χ3n) is 4.42. The van der Waals surface area contributed by atoms with Gasteiger partial charge in [0.25, 0.3) is 0 Å². The van der Waals surface area contributed by atoms with Crippen LogP contribution in [0.2, 0.25) is 0 Å². The number of hydrogen-bond donors (Lipinski definition) is 0. The summed E-state index contributed by atoms with van der Waals surface area (Å²) >= 11 is 0. The maximum atomic E-state index is 12.3. The normalized spacial score (nSPS) is 16.3. The number of benzene rings is 2. The van der Waals surface area contributed by atoms with Gasteiger partial charge in [0, 0.05) is 39.3 Å². The molecule has 27 heavy (non-hydrogen) atoms. The van der Waals surface area contributed by atoms with Crippen LogP contribution in [0.3, 0.4) is 0 Å². The largest absolute Gasteiger partial charge is 0.573 e. The molecule has 0 aliphatic carbocycles. The number of piperazine rings is 1. The third kappa shape index (κ3) is 6.77. The van der Waals surface area contributed by atoms with Crippen LogP contribution in [0, 0.1) is 0 Å². The summed E-state index contributed by atoms with van der Waals surface area (Å²) in [7, 11) is 0. The molecule has 1 aliphatic heterocycles. The summed E-state index contributed by atoms with van der Waals surface area (Å²) in [4.78, 5) is 4.57. The number of nitrogens with zero attached hydrogens (tertiary/aromatic N) is 2. The molecule has 0 N–H and O–H groups in total. The Hall–Kier alpha value is -2.25. The van der Waals surface area contributed by atoms with Gasteiger partial charge >= 0.3 is 6.36 Å². The molecular formula is C20H23F3N2O2. The van der Waals surface area contributed by atoms with Gasteiger partial charge < -0.3 is 9.47 Å². The summed E-state index contributed by atoms with van der Waals surface area (Å²) in [5.74, 6) is 0.703. The predicted octanol–water partition coefficient (Wildman–Crippen LogP) is 3.78. The highest BCUT2D eigenvalue weighted by Gasteiger charge is 2.31. The number of rotatable bonds is 7. The second-order valence-electron chi connectivity index (χ2n) is 6.47. The van der Waals surface area contributed by atoms with Gasteiger partial charge in [-0.05, 0) is 29.8 Å². The molecule has 2 aromatic carbocycles. The molecule has 3 rings (SSSR count). The number of alkyl halides is 3. The fourth-order valence-corrected chi connectivity index (χ4v) is 3.08. The first-order valence-electron chi connectivity index (χ1n) is 8.95. The van der Waals surface area contributed by atoms with E-state index in [-0.39, 0.29) is 5.75 Å². The van der Waals surface area contributed by atoms with Gasteiger partial charge in [-0.25, -0.2) is 0 Å². The molecule has 1 aliphatic rings. The molecule has 1 saturated heterocycles. The van der Waals surface area contributed by atoms with E-state index in [9.17, 15) is 13.2 Å². The highest BCUT2D eigenvalue weighted by molar-refractivity contribution is 5.28. The van der Waals surface area contributed by atoms with Gasteiger partial charge in [-0.3, -0.25) is 9.80 Å². The van der Waals surface area contributed by atoms with Crippen molar-refractivity contribution in [2.24, 2.45) is 0 Å². The molecule has 0 spiro atoms. The molecule has 0 unspecified atom stereocenters. The summed E-state index contributed by atoms with van der Waals surface area (Å²) in [6.07, 6.45) is -4.66. The van der Waals surface area contributed by atoms with Crippen molar-refractivity contribution >= 4 is 0 Å². The maximum Gasteiger partial charge on any atom is 0.573 e. The number of ether oxygens (including phenoxy) is 2. The lowest BCUT2D eigenvalue weighted by Crippen LogP contribution is -2.47. The van der Waals surface area contributed by atoms with Crippen molar-refractivity contribution in [1.29, 1.82) is 0 Å². The Balaban J connectivity index is 1.40. The highest BCUT2D eigenvalue weighted by atomic mass is 19.4. The fraction of sp³-hybridized carbons (Fsp3) is 0.400. The van der Waals surface area contributed by atoms with Gasteiger partial charge in [-0.1, -0.05) is 30.3 Å². The lowest BCUT2D eigenvalue weighted by molar-refractivity contribution is -0.274. The zero-order chi connectivity index (χ0) is 19.1. The second-order valence-corrected chi connectivity index (χ2v) is 6.47. The van der Waals surface area contributed by atoms with Crippen LogP contribution in [0.15, 0.2) is 54.6 Å². The fourth-order valence-electron chi connectivity index (χ4n) is 3.08. The second kappa shape index (κ2) is 9.10. The van der Waals surface area contributed by atoms with E-state index >= 15 is 0 Å². The van der Waals surface area contributed by atoms with Gasteiger partial charge in [0.1, 0.15) is 18.1 Å². The topological polar surface area (TPSA) is 24.9 Å². The summed E-state index contributed by atoms with van der Waals surface area (Å²) in [6, 6.07) is 15.9. The number of para-hydroxylation sites is 1. The van der Waals surface area contributed by atoms with Crippen molar-refractivity contribution in [2.45, 2.75) is 12.9 Å². The van der Waals surface area contributed by atoms with E-state index in [0.717, 1.165) is 44.0 Å². The molecule has 0 atom stereocenters. The van der Waals surface area contributed by atoms with E-state index in [0.29, 0.717) is 13.2 Å². The Morgan fingerprint density at radius 1 is 0.815 bits per heavy atom. The van der Waals surface area contributed by atoms with Gasteiger partial charge in [0.15, 0.2) is 0 Å². The lowest BCUT2D eigenvalue weighted by atomic mass is 10.2. The Bertz CT molecular complexity index is 702. The molecule has 0 aromatic heterocycles. The first kappa shape index (κ1) is 19.5. The summed E-state index contributed by atoms with van der Waals surface area (Å²) in [5, 5.41) is 0. The predicted molar refractivity (Wildman–Crippen MR) is 96.8 cm³/mol. The first-order valence-corrected chi connectivity index (χ1v) is 8.95. The number of halogens is 3. The number of hydrogen-bond acceptors (Lipinski definition) is 4. The highest BCUT2D eigenvalue weighted by Crippen LogP contribution is 2.24. The minimum absolute atomic E-state index is 0.170. The SMILES string of the molecule is FC(F)(F)Oc1cccc(CN2CCN(CCOc3ccccc3)CC2)c1. The molecule has 146 valence electrons. The van der Waals surface area contributed by atoms with Crippen LogP contribution in [-0.2, 0) is 6.54 Å². The van der Waals surface area contributed by atoms with Crippen molar-refractivity contribution < 1.29 is 22.6 Å². The van der Waals surface area contributed by atoms with Gasteiger partial charge in [0.2, 0.25) is 0 Å². The average Bonchev–Trinajstić information content (AvgIpc) is 2.63. The smallest absolute Gasteiger partial charge is 0.492 e. The van der Waals surface area contributed by atoms with Crippen LogP contribution in [0.4, 0.5) is 13.2 Å². The van der Waals surface area contributed by atoms with Crippen molar-refractivity contribution in [3.05, 3.63) is 60.2 Å². The zero-order valence-corrected chi connectivity index (χ0v) is 15.0. The van der Waals surface area contributed by atoms with E-state index in [1.165, 1.54) is 12.1 Å². The van der Waals surface area contributed by atoms with Crippen LogP contribution in [0.1, 0.15) is 5.56 Å². The molecule has 7 heteroatoms. The lowest BCUT2D eigenvalue weighted by Gasteiger charge is -2.34. The van der Waals surface area contributed by atoms with E-state index < -0.39 is 6.36 Å². The van der Waals surface area contributed by atoms with Gasteiger partial charge in [-0.2, -0.15) is 0 Å². The Morgan fingerprint density at radius 3 is 2.19 bits per heavy atom.